The van der Waals surface area contributed by atoms with E-state index < -0.39 is 10.0 Å². The van der Waals surface area contributed by atoms with E-state index in [1.165, 1.54) is 17.7 Å². The van der Waals surface area contributed by atoms with Gasteiger partial charge in [0.15, 0.2) is 11.5 Å². The lowest BCUT2D eigenvalue weighted by Crippen LogP contribution is -2.34. The zero-order chi connectivity index (χ0) is 22.1. The average Bonchev–Trinajstić information content (AvgIpc) is 3.06. The molecule has 1 atom stereocenters. The summed E-state index contributed by atoms with van der Waals surface area (Å²) in [6.45, 7) is 2.08. The molecule has 162 valence electrons. The Morgan fingerprint density at radius 1 is 1.07 bits per heavy atom. The van der Waals surface area contributed by atoms with Gasteiger partial charge in [-0.25, -0.2) is 8.42 Å². The van der Waals surface area contributed by atoms with Gasteiger partial charge in [0, 0.05) is 29.8 Å². The van der Waals surface area contributed by atoms with Crippen LogP contribution in [-0.4, -0.2) is 48.0 Å². The SMILES string of the molecule is COc1cc(OC)c(OC)cc1CNC(=O)c1ccc2c(c1)CC(C)N2S(C)(=O)=O. The largest absolute Gasteiger partial charge is 0.496 e. The Kier molecular flexibility index (Phi) is 6.12. The predicted octanol–water partition coefficient (Wildman–Crippen LogP) is 2.35. The second-order valence-electron chi connectivity index (χ2n) is 7.16. The zero-order valence-corrected chi connectivity index (χ0v) is 18.5. The quantitative estimate of drug-likeness (QED) is 0.719. The van der Waals surface area contributed by atoms with Gasteiger partial charge in [0.25, 0.3) is 5.91 Å². The van der Waals surface area contributed by atoms with Crippen molar-refractivity contribution >= 4 is 21.6 Å². The van der Waals surface area contributed by atoms with E-state index in [1.54, 1.807) is 44.6 Å². The second-order valence-corrected chi connectivity index (χ2v) is 9.02. The minimum absolute atomic E-state index is 0.177. The molecule has 1 amide bonds. The minimum Gasteiger partial charge on any atom is -0.496 e. The molecule has 0 aromatic heterocycles. The fraction of sp³-hybridized carbons (Fsp3) is 0.381. The first-order valence-electron chi connectivity index (χ1n) is 9.39. The van der Waals surface area contributed by atoms with Gasteiger partial charge in [-0.3, -0.25) is 9.10 Å². The van der Waals surface area contributed by atoms with Crippen molar-refractivity contribution in [1.82, 2.24) is 5.32 Å². The van der Waals surface area contributed by atoms with E-state index in [0.717, 1.165) is 11.1 Å². The van der Waals surface area contributed by atoms with Gasteiger partial charge in [0.05, 0.1) is 33.3 Å². The molecule has 1 aliphatic heterocycles. The molecule has 1 N–H and O–H groups in total. The highest BCUT2D eigenvalue weighted by molar-refractivity contribution is 7.92. The molecule has 9 heteroatoms. The molecule has 0 fully saturated rings. The zero-order valence-electron chi connectivity index (χ0n) is 17.7. The van der Waals surface area contributed by atoms with Crippen LogP contribution in [0, 0.1) is 0 Å². The number of benzene rings is 2. The van der Waals surface area contributed by atoms with Gasteiger partial charge in [-0.15, -0.1) is 0 Å². The molecule has 2 aromatic carbocycles. The molecule has 0 spiro atoms. The van der Waals surface area contributed by atoms with Crippen molar-refractivity contribution in [3.05, 3.63) is 47.0 Å². The molecule has 3 rings (SSSR count). The van der Waals surface area contributed by atoms with Crippen LogP contribution >= 0.6 is 0 Å². The van der Waals surface area contributed by atoms with Gasteiger partial charge in [-0.05, 0) is 43.2 Å². The molecule has 0 saturated heterocycles. The van der Waals surface area contributed by atoms with Crippen LogP contribution in [0.1, 0.15) is 28.4 Å². The smallest absolute Gasteiger partial charge is 0.251 e. The Hall–Kier alpha value is -2.94. The van der Waals surface area contributed by atoms with Crippen molar-refractivity contribution in [2.24, 2.45) is 0 Å². The first-order chi connectivity index (χ1) is 14.2. The van der Waals surface area contributed by atoms with E-state index in [2.05, 4.69) is 5.32 Å². The normalized spacial score (nSPS) is 15.5. The summed E-state index contributed by atoms with van der Waals surface area (Å²) in [7, 11) is 1.26. The number of sulfonamides is 1. The van der Waals surface area contributed by atoms with Gasteiger partial charge >= 0.3 is 0 Å². The van der Waals surface area contributed by atoms with E-state index in [-0.39, 0.29) is 18.5 Å². The number of hydrogen-bond donors (Lipinski definition) is 1. The topological polar surface area (TPSA) is 94.2 Å². The lowest BCUT2D eigenvalue weighted by molar-refractivity contribution is 0.0950. The molecule has 1 unspecified atom stereocenters. The molecular weight excluding hydrogens is 408 g/mol. The van der Waals surface area contributed by atoms with Crippen molar-refractivity contribution < 1.29 is 27.4 Å². The van der Waals surface area contributed by atoms with Crippen LogP contribution in [0.25, 0.3) is 0 Å². The number of carbonyl (C=O) groups is 1. The highest BCUT2D eigenvalue weighted by Crippen LogP contribution is 2.36. The second kappa shape index (κ2) is 8.43. The number of rotatable bonds is 7. The van der Waals surface area contributed by atoms with Crippen molar-refractivity contribution in [3.63, 3.8) is 0 Å². The highest BCUT2D eigenvalue weighted by Gasteiger charge is 2.32. The van der Waals surface area contributed by atoms with Crippen LogP contribution in [0.15, 0.2) is 30.3 Å². The number of nitrogens with one attached hydrogen (secondary N) is 1. The monoisotopic (exact) mass is 434 g/mol. The fourth-order valence-corrected chi connectivity index (χ4v) is 5.02. The van der Waals surface area contributed by atoms with E-state index in [1.807, 2.05) is 6.92 Å². The summed E-state index contributed by atoms with van der Waals surface area (Å²) >= 11 is 0. The van der Waals surface area contributed by atoms with Gasteiger partial charge in [-0.1, -0.05) is 0 Å². The van der Waals surface area contributed by atoms with Gasteiger partial charge in [-0.2, -0.15) is 0 Å². The Balaban J connectivity index is 1.79. The predicted molar refractivity (Wildman–Crippen MR) is 114 cm³/mol. The number of hydrogen-bond acceptors (Lipinski definition) is 6. The maximum Gasteiger partial charge on any atom is 0.251 e. The number of methoxy groups -OCH3 is 3. The minimum atomic E-state index is -3.37. The third-order valence-electron chi connectivity index (χ3n) is 5.08. The van der Waals surface area contributed by atoms with Crippen LogP contribution in [0.4, 0.5) is 5.69 Å². The molecule has 30 heavy (non-hydrogen) atoms. The molecule has 8 nitrogen and oxygen atoms in total. The Morgan fingerprint density at radius 2 is 1.70 bits per heavy atom. The summed E-state index contributed by atoms with van der Waals surface area (Å²) in [6.07, 6.45) is 1.75. The van der Waals surface area contributed by atoms with Crippen LogP contribution in [0.2, 0.25) is 0 Å². The molecule has 0 saturated carbocycles. The number of nitrogens with zero attached hydrogens (tertiary/aromatic N) is 1. The summed E-state index contributed by atoms with van der Waals surface area (Å²) in [5, 5.41) is 2.88. The maximum atomic E-state index is 12.7. The first-order valence-corrected chi connectivity index (χ1v) is 11.2. The lowest BCUT2D eigenvalue weighted by Gasteiger charge is -2.21. The standard InChI is InChI=1S/C21H26N2O6S/c1-13-8-15-9-14(6-7-17(15)23(13)30(5,25)26)21(24)22-12-16-10-19(28-3)20(29-4)11-18(16)27-2/h6-7,9-11,13H,8,12H2,1-5H3,(H,22,24). The number of anilines is 1. The van der Waals surface area contributed by atoms with Crippen molar-refractivity contribution in [2.75, 3.05) is 31.9 Å². The van der Waals surface area contributed by atoms with Crippen molar-refractivity contribution in [1.29, 1.82) is 0 Å². The molecule has 1 heterocycles. The molecule has 0 aliphatic carbocycles. The van der Waals surface area contributed by atoms with Crippen LogP contribution < -0.4 is 23.8 Å². The lowest BCUT2D eigenvalue weighted by atomic mass is 10.1. The molecular formula is C21H26N2O6S. The third-order valence-corrected chi connectivity index (χ3v) is 6.35. The van der Waals surface area contributed by atoms with Crippen molar-refractivity contribution in [3.8, 4) is 17.2 Å². The van der Waals surface area contributed by atoms with E-state index >= 15 is 0 Å². The van der Waals surface area contributed by atoms with E-state index in [0.29, 0.717) is 34.9 Å². The van der Waals surface area contributed by atoms with Gasteiger partial charge < -0.3 is 19.5 Å². The van der Waals surface area contributed by atoms with Crippen LogP contribution in [-0.2, 0) is 23.0 Å². The summed E-state index contributed by atoms with van der Waals surface area (Å²) in [4.78, 5) is 12.7. The summed E-state index contributed by atoms with van der Waals surface area (Å²) in [5.41, 5.74) is 2.67. The molecule has 2 aromatic rings. The maximum absolute atomic E-state index is 12.7. The summed E-state index contributed by atoms with van der Waals surface area (Å²) in [6, 6.07) is 8.35. The van der Waals surface area contributed by atoms with E-state index in [4.69, 9.17) is 14.2 Å². The van der Waals surface area contributed by atoms with Crippen LogP contribution in [0.5, 0.6) is 17.2 Å². The van der Waals surface area contributed by atoms with Crippen LogP contribution in [0.3, 0.4) is 0 Å². The van der Waals surface area contributed by atoms with E-state index in [9.17, 15) is 13.2 Å². The summed E-state index contributed by atoms with van der Waals surface area (Å²) in [5.74, 6) is 1.38. The fourth-order valence-electron chi connectivity index (χ4n) is 3.76. The Bertz CT molecular complexity index is 1070. The Morgan fingerprint density at radius 3 is 2.30 bits per heavy atom. The molecule has 0 radical (unpaired) electrons. The third kappa shape index (κ3) is 4.16. The highest BCUT2D eigenvalue weighted by atomic mass is 32.2. The molecule has 1 aliphatic rings. The molecule has 0 bridgehead atoms. The summed E-state index contributed by atoms with van der Waals surface area (Å²) < 4.78 is 41.5. The van der Waals surface area contributed by atoms with Gasteiger partial charge in [0.1, 0.15) is 5.75 Å². The number of carbonyl (C=O) groups excluding carboxylic acids is 1. The first kappa shape index (κ1) is 21.8. The Labute approximate surface area is 176 Å². The van der Waals surface area contributed by atoms with Crippen molar-refractivity contribution in [2.45, 2.75) is 25.9 Å². The number of amides is 1. The number of fused-ring (bicyclic) bond motifs is 1. The van der Waals surface area contributed by atoms with Gasteiger partial charge in [0.2, 0.25) is 10.0 Å². The number of ether oxygens (including phenoxy) is 3. The average molecular weight is 435 g/mol.